The molecule has 1 heterocycles. The summed E-state index contributed by atoms with van der Waals surface area (Å²) in [6.07, 6.45) is 0.817. The lowest BCUT2D eigenvalue weighted by Gasteiger charge is -2.25. The predicted octanol–water partition coefficient (Wildman–Crippen LogP) is 2.55. The lowest BCUT2D eigenvalue weighted by molar-refractivity contribution is -0.116. The van der Waals surface area contributed by atoms with Crippen molar-refractivity contribution in [1.82, 2.24) is 5.32 Å². The largest absolute Gasteiger partial charge is 0.312 e. The Kier molecular flexibility index (Phi) is 4.19. The number of amides is 1. The number of nitrogens with zero attached hydrogens (tertiary/aromatic N) is 1. The van der Waals surface area contributed by atoms with Gasteiger partial charge in [0, 0.05) is 30.3 Å². The van der Waals surface area contributed by atoms with Crippen LogP contribution in [0.4, 0.5) is 5.69 Å². The van der Waals surface area contributed by atoms with Crippen LogP contribution in [0, 0.1) is 0 Å². The summed E-state index contributed by atoms with van der Waals surface area (Å²) in [4.78, 5) is 25.8. The number of fused-ring (bicyclic) bond motifs is 1. The highest BCUT2D eigenvalue weighted by molar-refractivity contribution is 6.01. The molecule has 0 bridgehead atoms. The smallest absolute Gasteiger partial charge is 0.223 e. The van der Waals surface area contributed by atoms with Crippen LogP contribution in [0.1, 0.15) is 50.5 Å². The van der Waals surface area contributed by atoms with Crippen molar-refractivity contribution in [3.05, 3.63) is 29.3 Å². The first kappa shape index (κ1) is 15.7. The molecule has 0 aliphatic carbocycles. The molecule has 0 radical (unpaired) electrons. The van der Waals surface area contributed by atoms with Crippen molar-refractivity contribution in [2.75, 3.05) is 11.4 Å². The number of nitrogens with one attached hydrogen (secondary N) is 1. The number of ketones is 1. The van der Waals surface area contributed by atoms with Gasteiger partial charge in [0.05, 0.1) is 6.04 Å². The van der Waals surface area contributed by atoms with Crippen LogP contribution in [0.2, 0.25) is 0 Å². The van der Waals surface area contributed by atoms with Gasteiger partial charge in [-0.15, -0.1) is 0 Å². The SMILES string of the molecule is CC(=O)N1CCc2cc(C(=O)C(C)NC(C)(C)C)ccc21. The Morgan fingerprint density at radius 3 is 2.52 bits per heavy atom. The van der Waals surface area contributed by atoms with Gasteiger partial charge in [0.2, 0.25) is 5.91 Å². The Balaban J connectivity index is 2.20. The summed E-state index contributed by atoms with van der Waals surface area (Å²) in [5.41, 5.74) is 2.63. The van der Waals surface area contributed by atoms with Gasteiger partial charge in [-0.05, 0) is 57.9 Å². The number of rotatable bonds is 3. The zero-order valence-corrected chi connectivity index (χ0v) is 13.5. The molecule has 2 rings (SSSR count). The minimum absolute atomic E-state index is 0.0515. The number of carbonyl (C=O) groups is 2. The van der Waals surface area contributed by atoms with Gasteiger partial charge in [0.25, 0.3) is 0 Å². The zero-order chi connectivity index (χ0) is 15.8. The number of benzene rings is 1. The molecule has 21 heavy (non-hydrogen) atoms. The number of hydrogen-bond acceptors (Lipinski definition) is 3. The first-order chi connectivity index (χ1) is 9.69. The van der Waals surface area contributed by atoms with Gasteiger partial charge in [-0.3, -0.25) is 9.59 Å². The summed E-state index contributed by atoms with van der Waals surface area (Å²) >= 11 is 0. The van der Waals surface area contributed by atoms with Crippen LogP contribution in [-0.4, -0.2) is 29.8 Å². The van der Waals surface area contributed by atoms with Gasteiger partial charge in [0.15, 0.2) is 5.78 Å². The molecule has 1 aromatic rings. The highest BCUT2D eigenvalue weighted by Crippen LogP contribution is 2.29. The average molecular weight is 288 g/mol. The van der Waals surface area contributed by atoms with Crippen LogP contribution in [-0.2, 0) is 11.2 Å². The molecule has 4 nitrogen and oxygen atoms in total. The molecule has 1 N–H and O–H groups in total. The fraction of sp³-hybridized carbons (Fsp3) is 0.529. The van der Waals surface area contributed by atoms with E-state index in [0.29, 0.717) is 12.1 Å². The molecule has 4 heteroatoms. The first-order valence-corrected chi connectivity index (χ1v) is 7.42. The number of Topliss-reactive ketones (excluding diaryl/α,β-unsaturated/α-hetero) is 1. The second kappa shape index (κ2) is 5.60. The van der Waals surface area contributed by atoms with E-state index in [9.17, 15) is 9.59 Å². The number of anilines is 1. The van der Waals surface area contributed by atoms with E-state index in [1.807, 2.05) is 45.9 Å². The Morgan fingerprint density at radius 1 is 1.29 bits per heavy atom. The molecular formula is C17H24N2O2. The highest BCUT2D eigenvalue weighted by atomic mass is 16.2. The lowest BCUT2D eigenvalue weighted by atomic mass is 9.99. The van der Waals surface area contributed by atoms with Crippen LogP contribution < -0.4 is 10.2 Å². The summed E-state index contributed by atoms with van der Waals surface area (Å²) in [7, 11) is 0. The molecule has 1 atom stereocenters. The summed E-state index contributed by atoms with van der Waals surface area (Å²) in [5.74, 6) is 0.143. The maximum atomic E-state index is 12.5. The van der Waals surface area contributed by atoms with Crippen molar-refractivity contribution in [3.8, 4) is 0 Å². The molecule has 1 aliphatic heterocycles. The van der Waals surface area contributed by atoms with Gasteiger partial charge in [-0.25, -0.2) is 0 Å². The van der Waals surface area contributed by atoms with E-state index in [2.05, 4.69) is 5.32 Å². The topological polar surface area (TPSA) is 49.4 Å². The molecule has 1 aliphatic rings. The Labute approximate surface area is 126 Å². The second-order valence-corrected chi connectivity index (χ2v) is 6.74. The molecule has 1 aromatic carbocycles. The van der Waals surface area contributed by atoms with Crippen molar-refractivity contribution < 1.29 is 9.59 Å². The Bertz CT molecular complexity index is 573. The Morgan fingerprint density at radius 2 is 1.95 bits per heavy atom. The van der Waals surface area contributed by atoms with E-state index in [1.165, 1.54) is 0 Å². The van der Waals surface area contributed by atoms with Gasteiger partial charge >= 0.3 is 0 Å². The van der Waals surface area contributed by atoms with Gasteiger partial charge in [-0.2, -0.15) is 0 Å². The van der Waals surface area contributed by atoms with Gasteiger partial charge < -0.3 is 10.2 Å². The van der Waals surface area contributed by atoms with E-state index in [4.69, 9.17) is 0 Å². The van der Waals surface area contributed by atoms with E-state index < -0.39 is 0 Å². The van der Waals surface area contributed by atoms with Crippen LogP contribution >= 0.6 is 0 Å². The summed E-state index contributed by atoms with van der Waals surface area (Å²) in [6.45, 7) is 10.3. The third-order valence-corrected chi connectivity index (χ3v) is 3.68. The molecule has 1 amide bonds. The minimum atomic E-state index is -0.228. The maximum Gasteiger partial charge on any atom is 0.223 e. The van der Waals surface area contributed by atoms with Crippen molar-refractivity contribution in [2.45, 2.75) is 52.6 Å². The fourth-order valence-electron chi connectivity index (χ4n) is 2.85. The predicted molar refractivity (Wildman–Crippen MR) is 84.9 cm³/mol. The molecular weight excluding hydrogens is 264 g/mol. The van der Waals surface area contributed by atoms with Crippen LogP contribution in [0.25, 0.3) is 0 Å². The molecule has 1 unspecified atom stereocenters. The molecule has 0 fully saturated rings. The molecule has 0 aromatic heterocycles. The van der Waals surface area contributed by atoms with E-state index >= 15 is 0 Å². The summed E-state index contributed by atoms with van der Waals surface area (Å²) in [5, 5.41) is 3.30. The molecule has 0 saturated carbocycles. The molecule has 114 valence electrons. The summed E-state index contributed by atoms with van der Waals surface area (Å²) < 4.78 is 0. The standard InChI is InChI=1S/C17H24N2O2/c1-11(18-17(3,4)5)16(21)14-6-7-15-13(10-14)8-9-19(15)12(2)20/h6-7,10-11,18H,8-9H2,1-5H3. The van der Waals surface area contributed by atoms with Crippen LogP contribution in [0.15, 0.2) is 18.2 Å². The fourth-order valence-corrected chi connectivity index (χ4v) is 2.85. The summed E-state index contributed by atoms with van der Waals surface area (Å²) in [6, 6.07) is 5.42. The first-order valence-electron chi connectivity index (χ1n) is 7.42. The van der Waals surface area contributed by atoms with Crippen molar-refractivity contribution in [3.63, 3.8) is 0 Å². The minimum Gasteiger partial charge on any atom is -0.312 e. The third-order valence-electron chi connectivity index (χ3n) is 3.68. The van der Waals surface area contributed by atoms with Crippen LogP contribution in [0.3, 0.4) is 0 Å². The average Bonchev–Trinajstić information content (AvgIpc) is 2.78. The monoisotopic (exact) mass is 288 g/mol. The zero-order valence-electron chi connectivity index (χ0n) is 13.5. The second-order valence-electron chi connectivity index (χ2n) is 6.74. The van der Waals surface area contributed by atoms with Crippen molar-refractivity contribution in [1.29, 1.82) is 0 Å². The molecule has 0 spiro atoms. The van der Waals surface area contributed by atoms with E-state index in [1.54, 1.807) is 11.8 Å². The number of hydrogen-bond donors (Lipinski definition) is 1. The van der Waals surface area contributed by atoms with Crippen LogP contribution in [0.5, 0.6) is 0 Å². The number of carbonyl (C=O) groups excluding carboxylic acids is 2. The lowest BCUT2D eigenvalue weighted by Crippen LogP contribution is -2.46. The van der Waals surface area contributed by atoms with Crippen molar-refractivity contribution in [2.24, 2.45) is 0 Å². The normalized spacial score (nSPS) is 15.8. The maximum absolute atomic E-state index is 12.5. The quantitative estimate of drug-likeness (QED) is 0.870. The van der Waals surface area contributed by atoms with Gasteiger partial charge in [0.1, 0.15) is 0 Å². The Hall–Kier alpha value is -1.68. The third kappa shape index (κ3) is 3.50. The van der Waals surface area contributed by atoms with Crippen molar-refractivity contribution >= 4 is 17.4 Å². The molecule has 0 saturated heterocycles. The van der Waals surface area contributed by atoms with E-state index in [0.717, 1.165) is 17.7 Å². The highest BCUT2D eigenvalue weighted by Gasteiger charge is 2.25. The van der Waals surface area contributed by atoms with Gasteiger partial charge in [-0.1, -0.05) is 0 Å². The van der Waals surface area contributed by atoms with E-state index in [-0.39, 0.29) is 23.3 Å².